The van der Waals surface area contributed by atoms with Gasteiger partial charge in [0.2, 0.25) is 0 Å². The van der Waals surface area contributed by atoms with Crippen LogP contribution in [-0.4, -0.2) is 54.7 Å². The molecule has 0 aliphatic heterocycles. The van der Waals surface area contributed by atoms with Crippen LogP contribution in [0.4, 0.5) is 17.1 Å². The Balaban J connectivity index is 1.86. The van der Waals surface area contributed by atoms with Crippen molar-refractivity contribution in [3.05, 3.63) is 89.5 Å². The summed E-state index contributed by atoms with van der Waals surface area (Å²) in [5, 5.41) is 0. The van der Waals surface area contributed by atoms with E-state index in [4.69, 9.17) is 9.98 Å². The van der Waals surface area contributed by atoms with E-state index in [1.807, 2.05) is 54.7 Å². The van der Waals surface area contributed by atoms with Crippen LogP contribution < -0.4 is 14.7 Å². The molecule has 3 aromatic rings. The Bertz CT molecular complexity index is 969. The molecule has 0 aliphatic carbocycles. The SMILES string of the molecule is CN(C)c1ccc(/C=N/C(/N=C/c2ccc(N(C)C)cc2)c2ccc(N(C)C)cc2)cc1. The maximum absolute atomic E-state index is 4.82. The predicted octanol–water partition coefficient (Wildman–Crippen LogP) is 5.12. The number of anilines is 3. The molecule has 0 saturated carbocycles. The van der Waals surface area contributed by atoms with E-state index in [0.29, 0.717) is 0 Å². The van der Waals surface area contributed by atoms with Crippen molar-refractivity contribution in [1.82, 2.24) is 0 Å². The lowest BCUT2D eigenvalue weighted by molar-refractivity contribution is 0.787. The van der Waals surface area contributed by atoms with E-state index in [2.05, 4.69) is 87.5 Å². The number of benzene rings is 3. The molecule has 0 N–H and O–H groups in total. The molecular weight excluding hydrogens is 394 g/mol. The zero-order valence-corrected chi connectivity index (χ0v) is 19.9. The lowest BCUT2D eigenvalue weighted by atomic mass is 10.1. The van der Waals surface area contributed by atoms with E-state index in [1.165, 1.54) is 0 Å². The monoisotopic (exact) mass is 427 g/mol. The van der Waals surface area contributed by atoms with Gasteiger partial charge in [-0.2, -0.15) is 0 Å². The second-order valence-corrected chi connectivity index (χ2v) is 8.39. The largest absolute Gasteiger partial charge is 0.378 e. The van der Waals surface area contributed by atoms with E-state index in [1.54, 1.807) is 0 Å². The summed E-state index contributed by atoms with van der Waals surface area (Å²) in [6.45, 7) is 0. The third-order valence-corrected chi connectivity index (χ3v) is 5.26. The van der Waals surface area contributed by atoms with Crippen molar-refractivity contribution in [3.8, 4) is 0 Å². The minimum Gasteiger partial charge on any atom is -0.378 e. The highest BCUT2D eigenvalue weighted by molar-refractivity contribution is 5.82. The summed E-state index contributed by atoms with van der Waals surface area (Å²) < 4.78 is 0. The van der Waals surface area contributed by atoms with Gasteiger partial charge in [-0.25, -0.2) is 0 Å². The molecule has 5 heteroatoms. The summed E-state index contributed by atoms with van der Waals surface area (Å²) in [5.74, 6) is 0. The Morgan fingerprint density at radius 2 is 0.812 bits per heavy atom. The van der Waals surface area contributed by atoms with Crippen LogP contribution >= 0.6 is 0 Å². The summed E-state index contributed by atoms with van der Waals surface area (Å²) in [7, 11) is 12.2. The van der Waals surface area contributed by atoms with Gasteiger partial charge < -0.3 is 14.7 Å². The number of nitrogens with zero attached hydrogens (tertiary/aromatic N) is 5. The van der Waals surface area contributed by atoms with Crippen LogP contribution in [0, 0.1) is 0 Å². The van der Waals surface area contributed by atoms with Gasteiger partial charge in [0, 0.05) is 71.8 Å². The molecule has 0 spiro atoms. The van der Waals surface area contributed by atoms with Gasteiger partial charge in [-0.3, -0.25) is 9.98 Å². The summed E-state index contributed by atoms with van der Waals surface area (Å²) in [4.78, 5) is 15.9. The highest BCUT2D eigenvalue weighted by Crippen LogP contribution is 2.23. The van der Waals surface area contributed by atoms with E-state index >= 15 is 0 Å². The molecule has 3 rings (SSSR count). The number of aliphatic imine (C=N–C) groups is 2. The minimum atomic E-state index is -0.312. The normalized spacial score (nSPS) is 11.5. The van der Waals surface area contributed by atoms with Crippen LogP contribution in [0.3, 0.4) is 0 Å². The fourth-order valence-electron chi connectivity index (χ4n) is 3.19. The standard InChI is InChI=1S/C27H33N5/c1-30(2)24-13-7-21(8-14-24)19-28-27(23-11-17-26(18-12-23)32(5)6)29-20-22-9-15-25(16-10-22)31(3)4/h7-20,27H,1-6H3/b28-19+,29-20+. The molecule has 0 radical (unpaired) electrons. The van der Waals surface area contributed by atoms with Gasteiger partial charge in [0.15, 0.2) is 6.17 Å². The van der Waals surface area contributed by atoms with E-state index < -0.39 is 0 Å². The van der Waals surface area contributed by atoms with Gasteiger partial charge in [0.05, 0.1) is 0 Å². The van der Waals surface area contributed by atoms with Gasteiger partial charge in [0.1, 0.15) is 0 Å². The Morgan fingerprint density at radius 3 is 1.12 bits per heavy atom. The average Bonchev–Trinajstić information content (AvgIpc) is 2.79. The quantitative estimate of drug-likeness (QED) is 0.468. The molecule has 0 bridgehead atoms. The van der Waals surface area contributed by atoms with E-state index in [-0.39, 0.29) is 6.17 Å². The molecule has 0 heterocycles. The van der Waals surface area contributed by atoms with Crippen LogP contribution in [-0.2, 0) is 0 Å². The molecule has 0 aromatic heterocycles. The predicted molar refractivity (Wildman–Crippen MR) is 140 cm³/mol. The maximum atomic E-state index is 4.82. The van der Waals surface area contributed by atoms with Crippen molar-refractivity contribution in [2.24, 2.45) is 9.98 Å². The molecule has 166 valence electrons. The molecule has 5 nitrogen and oxygen atoms in total. The molecule has 0 atom stereocenters. The first kappa shape index (κ1) is 23.1. The minimum absolute atomic E-state index is 0.312. The van der Waals surface area contributed by atoms with Crippen LogP contribution in [0.2, 0.25) is 0 Å². The number of hydrogen-bond acceptors (Lipinski definition) is 5. The first-order valence-corrected chi connectivity index (χ1v) is 10.7. The summed E-state index contributed by atoms with van der Waals surface area (Å²) >= 11 is 0. The molecule has 0 unspecified atom stereocenters. The smallest absolute Gasteiger partial charge is 0.165 e. The lowest BCUT2D eigenvalue weighted by Crippen LogP contribution is -2.08. The molecule has 0 fully saturated rings. The van der Waals surface area contributed by atoms with E-state index in [9.17, 15) is 0 Å². The van der Waals surface area contributed by atoms with Gasteiger partial charge in [-0.1, -0.05) is 36.4 Å². The maximum Gasteiger partial charge on any atom is 0.165 e. The van der Waals surface area contributed by atoms with Crippen molar-refractivity contribution in [3.63, 3.8) is 0 Å². The highest BCUT2D eigenvalue weighted by atomic mass is 15.1. The Labute approximate surface area is 192 Å². The second-order valence-electron chi connectivity index (χ2n) is 8.39. The van der Waals surface area contributed by atoms with Gasteiger partial charge in [-0.15, -0.1) is 0 Å². The van der Waals surface area contributed by atoms with Gasteiger partial charge >= 0.3 is 0 Å². The molecule has 0 aliphatic rings. The number of hydrogen-bond donors (Lipinski definition) is 0. The van der Waals surface area contributed by atoms with E-state index in [0.717, 1.165) is 33.8 Å². The third kappa shape index (κ3) is 6.20. The zero-order chi connectivity index (χ0) is 23.1. The molecular formula is C27H33N5. The molecule has 3 aromatic carbocycles. The third-order valence-electron chi connectivity index (χ3n) is 5.26. The van der Waals surface area contributed by atoms with Crippen molar-refractivity contribution in [2.75, 3.05) is 57.0 Å². The van der Waals surface area contributed by atoms with Crippen LogP contribution in [0.5, 0.6) is 0 Å². The Kier molecular flexibility index (Phi) is 7.66. The summed E-state index contributed by atoms with van der Waals surface area (Å²) in [6.07, 6.45) is 3.49. The topological polar surface area (TPSA) is 34.4 Å². The highest BCUT2D eigenvalue weighted by Gasteiger charge is 2.08. The average molecular weight is 428 g/mol. The van der Waals surface area contributed by atoms with Crippen molar-refractivity contribution >= 4 is 29.5 Å². The lowest BCUT2D eigenvalue weighted by Gasteiger charge is -2.14. The summed E-state index contributed by atoms with van der Waals surface area (Å²) in [6, 6.07) is 25.1. The van der Waals surface area contributed by atoms with Crippen LogP contribution in [0.1, 0.15) is 22.9 Å². The summed E-state index contributed by atoms with van der Waals surface area (Å²) in [5.41, 5.74) is 6.64. The first-order valence-electron chi connectivity index (χ1n) is 10.7. The fourth-order valence-corrected chi connectivity index (χ4v) is 3.19. The van der Waals surface area contributed by atoms with Gasteiger partial charge in [0.25, 0.3) is 0 Å². The number of rotatable bonds is 8. The van der Waals surface area contributed by atoms with Crippen molar-refractivity contribution in [1.29, 1.82) is 0 Å². The fraction of sp³-hybridized carbons (Fsp3) is 0.259. The molecule has 32 heavy (non-hydrogen) atoms. The van der Waals surface area contributed by atoms with Crippen LogP contribution in [0.15, 0.2) is 82.8 Å². The van der Waals surface area contributed by atoms with Crippen molar-refractivity contribution in [2.45, 2.75) is 6.17 Å². The second kappa shape index (κ2) is 10.6. The Morgan fingerprint density at radius 1 is 0.500 bits per heavy atom. The van der Waals surface area contributed by atoms with Crippen LogP contribution in [0.25, 0.3) is 0 Å². The molecule has 0 saturated heterocycles. The zero-order valence-electron chi connectivity index (χ0n) is 19.9. The Hall–Kier alpha value is -3.60. The van der Waals surface area contributed by atoms with Crippen molar-refractivity contribution < 1.29 is 0 Å². The first-order chi connectivity index (χ1) is 15.3. The van der Waals surface area contributed by atoms with Gasteiger partial charge in [-0.05, 0) is 53.1 Å². The molecule has 0 amide bonds.